The molecule has 0 saturated heterocycles. The summed E-state index contributed by atoms with van der Waals surface area (Å²) in [5.74, 6) is -1.23. The number of nitrogens with zero attached hydrogens (tertiary/aromatic N) is 3. The number of benzene rings is 1. The minimum absolute atomic E-state index is 0.333. The predicted molar refractivity (Wildman–Crippen MR) is 61.0 cm³/mol. The zero-order chi connectivity index (χ0) is 12.7. The standard InChI is InChI=1S/C11H9N3O3/c1-17-11(16)9-5-3-2-4-8(9)6-7-10(15)13-14-12/h2-7H,1H3/b7-6+. The Kier molecular flexibility index (Phi) is 4.47. The molecule has 6 heteroatoms. The van der Waals surface area contributed by atoms with Crippen molar-refractivity contribution in [3.05, 3.63) is 51.9 Å². The summed E-state index contributed by atoms with van der Waals surface area (Å²) in [6.07, 6.45) is 2.48. The number of ether oxygens (including phenoxy) is 1. The van der Waals surface area contributed by atoms with Crippen LogP contribution in [0, 0.1) is 0 Å². The van der Waals surface area contributed by atoms with Gasteiger partial charge in [-0.05, 0) is 28.4 Å². The van der Waals surface area contributed by atoms with Gasteiger partial charge in [-0.1, -0.05) is 24.3 Å². The monoisotopic (exact) mass is 231 g/mol. The van der Waals surface area contributed by atoms with Crippen LogP contribution in [0.1, 0.15) is 15.9 Å². The van der Waals surface area contributed by atoms with Crippen LogP contribution in [-0.2, 0) is 9.53 Å². The van der Waals surface area contributed by atoms with Crippen LogP contribution in [0.25, 0.3) is 16.5 Å². The van der Waals surface area contributed by atoms with Gasteiger partial charge in [0.2, 0.25) is 5.91 Å². The molecule has 0 atom stereocenters. The van der Waals surface area contributed by atoms with Gasteiger partial charge in [0.25, 0.3) is 0 Å². The minimum atomic E-state index is -0.729. The second kappa shape index (κ2) is 6.09. The summed E-state index contributed by atoms with van der Waals surface area (Å²) in [5.41, 5.74) is 8.89. The number of carbonyl (C=O) groups is 2. The summed E-state index contributed by atoms with van der Waals surface area (Å²) in [6, 6.07) is 6.61. The van der Waals surface area contributed by atoms with Crippen molar-refractivity contribution in [2.75, 3.05) is 7.11 Å². The molecule has 1 amide bonds. The van der Waals surface area contributed by atoms with Gasteiger partial charge >= 0.3 is 5.97 Å². The first-order valence-electron chi connectivity index (χ1n) is 4.63. The molecule has 0 fully saturated rings. The molecule has 0 saturated carbocycles. The largest absolute Gasteiger partial charge is 0.465 e. The van der Waals surface area contributed by atoms with Crippen LogP contribution < -0.4 is 0 Å². The van der Waals surface area contributed by atoms with Crippen LogP contribution >= 0.6 is 0 Å². The minimum Gasteiger partial charge on any atom is -0.465 e. The van der Waals surface area contributed by atoms with Gasteiger partial charge in [-0.25, -0.2) is 4.79 Å². The second-order valence-corrected chi connectivity index (χ2v) is 2.94. The summed E-state index contributed by atoms with van der Waals surface area (Å²) in [5, 5.41) is 2.87. The Balaban J connectivity index is 3.02. The molecule has 1 aromatic rings. The van der Waals surface area contributed by atoms with Gasteiger partial charge < -0.3 is 4.74 Å². The van der Waals surface area contributed by atoms with E-state index < -0.39 is 11.9 Å². The Bertz CT molecular complexity index is 516. The van der Waals surface area contributed by atoms with E-state index in [1.807, 2.05) is 0 Å². The van der Waals surface area contributed by atoms with Crippen LogP contribution in [-0.4, -0.2) is 19.0 Å². The Morgan fingerprint density at radius 2 is 2.12 bits per heavy atom. The Morgan fingerprint density at radius 1 is 1.41 bits per heavy atom. The molecule has 0 aliphatic heterocycles. The number of esters is 1. The predicted octanol–water partition coefficient (Wildman–Crippen LogP) is 2.32. The molecule has 1 rings (SSSR count). The molecule has 0 aromatic heterocycles. The lowest BCUT2D eigenvalue weighted by Crippen LogP contribution is -2.03. The number of hydrogen-bond acceptors (Lipinski definition) is 3. The normalized spacial score (nSPS) is 9.71. The van der Waals surface area contributed by atoms with Crippen molar-refractivity contribution in [3.8, 4) is 0 Å². The fourth-order valence-corrected chi connectivity index (χ4v) is 1.18. The van der Waals surface area contributed by atoms with E-state index in [0.717, 1.165) is 6.08 Å². The van der Waals surface area contributed by atoms with Gasteiger partial charge in [-0.15, -0.1) is 0 Å². The molecular weight excluding hydrogens is 222 g/mol. The lowest BCUT2D eigenvalue weighted by molar-refractivity contribution is -0.113. The molecule has 6 nitrogen and oxygen atoms in total. The molecule has 0 unspecified atom stereocenters. The van der Waals surface area contributed by atoms with Crippen molar-refractivity contribution in [2.24, 2.45) is 5.11 Å². The highest BCUT2D eigenvalue weighted by Gasteiger charge is 2.08. The smallest absolute Gasteiger partial charge is 0.338 e. The molecule has 86 valence electrons. The van der Waals surface area contributed by atoms with Crippen LogP contribution in [0.2, 0.25) is 0 Å². The Labute approximate surface area is 97.1 Å². The molecular formula is C11H9N3O3. The topological polar surface area (TPSA) is 92.1 Å². The van der Waals surface area contributed by atoms with Gasteiger partial charge in [0.15, 0.2) is 0 Å². The van der Waals surface area contributed by atoms with Crippen LogP contribution in [0.5, 0.6) is 0 Å². The quantitative estimate of drug-likeness (QED) is 0.262. The first-order chi connectivity index (χ1) is 8.19. The van der Waals surface area contributed by atoms with Crippen LogP contribution in [0.15, 0.2) is 35.5 Å². The maximum Gasteiger partial charge on any atom is 0.338 e. The fraction of sp³-hybridized carbons (Fsp3) is 0.0909. The van der Waals surface area contributed by atoms with Gasteiger partial charge in [0, 0.05) is 4.91 Å². The Morgan fingerprint density at radius 3 is 2.76 bits per heavy atom. The number of methoxy groups -OCH3 is 1. The summed E-state index contributed by atoms with van der Waals surface area (Å²) in [4.78, 5) is 24.7. The first kappa shape index (κ1) is 12.5. The number of rotatable bonds is 3. The summed E-state index contributed by atoms with van der Waals surface area (Å²) in [7, 11) is 1.27. The van der Waals surface area contributed by atoms with E-state index in [9.17, 15) is 9.59 Å². The van der Waals surface area contributed by atoms with E-state index in [-0.39, 0.29) is 0 Å². The van der Waals surface area contributed by atoms with Crippen molar-refractivity contribution < 1.29 is 14.3 Å². The molecule has 0 spiro atoms. The average Bonchev–Trinajstić information content (AvgIpc) is 2.36. The third-order valence-corrected chi connectivity index (χ3v) is 1.91. The van der Waals surface area contributed by atoms with Gasteiger partial charge in [0.05, 0.1) is 12.7 Å². The molecule has 17 heavy (non-hydrogen) atoms. The molecule has 0 radical (unpaired) electrons. The highest BCUT2D eigenvalue weighted by molar-refractivity contribution is 5.97. The van der Waals surface area contributed by atoms with Crippen molar-refractivity contribution >= 4 is 18.0 Å². The second-order valence-electron chi connectivity index (χ2n) is 2.94. The lowest BCUT2D eigenvalue weighted by Gasteiger charge is -2.02. The summed E-state index contributed by atoms with van der Waals surface area (Å²) < 4.78 is 4.59. The summed E-state index contributed by atoms with van der Waals surface area (Å²) in [6.45, 7) is 0. The third-order valence-electron chi connectivity index (χ3n) is 1.91. The highest BCUT2D eigenvalue weighted by atomic mass is 16.5. The average molecular weight is 231 g/mol. The van der Waals surface area contributed by atoms with E-state index in [0.29, 0.717) is 11.1 Å². The molecule has 0 bridgehead atoms. The van der Waals surface area contributed by atoms with Crippen molar-refractivity contribution in [1.29, 1.82) is 0 Å². The number of hydrogen-bond donors (Lipinski definition) is 0. The maximum atomic E-state index is 11.4. The number of carbonyl (C=O) groups excluding carboxylic acids is 2. The van der Waals surface area contributed by atoms with E-state index >= 15 is 0 Å². The third kappa shape index (κ3) is 3.48. The first-order valence-corrected chi connectivity index (χ1v) is 4.63. The van der Waals surface area contributed by atoms with Gasteiger partial charge in [-0.2, -0.15) is 0 Å². The van der Waals surface area contributed by atoms with E-state index in [4.69, 9.17) is 5.53 Å². The van der Waals surface area contributed by atoms with Crippen molar-refractivity contribution in [2.45, 2.75) is 0 Å². The highest BCUT2D eigenvalue weighted by Crippen LogP contribution is 2.11. The molecule has 0 aliphatic carbocycles. The zero-order valence-corrected chi connectivity index (χ0v) is 9.03. The maximum absolute atomic E-state index is 11.4. The van der Waals surface area contributed by atoms with Gasteiger partial charge in [-0.3, -0.25) is 4.79 Å². The van der Waals surface area contributed by atoms with Crippen molar-refractivity contribution in [1.82, 2.24) is 0 Å². The fourth-order valence-electron chi connectivity index (χ4n) is 1.18. The number of azide groups is 1. The van der Waals surface area contributed by atoms with E-state index in [1.165, 1.54) is 13.2 Å². The Hall–Kier alpha value is -2.59. The molecule has 0 aliphatic rings. The molecule has 1 aromatic carbocycles. The summed E-state index contributed by atoms with van der Waals surface area (Å²) >= 11 is 0. The van der Waals surface area contributed by atoms with E-state index in [1.54, 1.807) is 24.3 Å². The zero-order valence-electron chi connectivity index (χ0n) is 9.03. The SMILES string of the molecule is COC(=O)c1ccccc1/C=C/C(=O)N=[N+]=[N-]. The van der Waals surface area contributed by atoms with Gasteiger partial charge in [0.1, 0.15) is 0 Å². The molecule has 0 N–H and O–H groups in total. The van der Waals surface area contributed by atoms with Crippen LogP contribution in [0.4, 0.5) is 0 Å². The van der Waals surface area contributed by atoms with E-state index in [2.05, 4.69) is 14.8 Å². The van der Waals surface area contributed by atoms with Crippen LogP contribution in [0.3, 0.4) is 0 Å². The lowest BCUT2D eigenvalue weighted by atomic mass is 10.1. The van der Waals surface area contributed by atoms with Crippen molar-refractivity contribution in [3.63, 3.8) is 0 Å². The molecule has 0 heterocycles. The number of amides is 1.